The van der Waals surface area contributed by atoms with E-state index in [9.17, 15) is 8.78 Å². The lowest BCUT2D eigenvalue weighted by Crippen LogP contribution is -2.09. The van der Waals surface area contributed by atoms with E-state index in [0.717, 1.165) is 18.2 Å². The Morgan fingerprint density at radius 1 is 1.33 bits per heavy atom. The monoisotopic (exact) mass is 252 g/mol. The van der Waals surface area contributed by atoms with Gasteiger partial charge in [-0.25, -0.2) is 18.4 Å². The van der Waals surface area contributed by atoms with Gasteiger partial charge in [0.25, 0.3) is 0 Å². The van der Waals surface area contributed by atoms with Crippen molar-refractivity contribution in [3.63, 3.8) is 0 Å². The molecule has 96 valence electrons. The number of aryl methyl sites for hydroxylation is 1. The third kappa shape index (κ3) is 2.47. The molecule has 2 rings (SSSR count). The normalized spacial score (nSPS) is 10.7. The van der Waals surface area contributed by atoms with Crippen LogP contribution >= 0.6 is 0 Å². The van der Waals surface area contributed by atoms with Crippen LogP contribution in [0.1, 0.15) is 19.0 Å². The molecule has 0 aliphatic heterocycles. The summed E-state index contributed by atoms with van der Waals surface area (Å²) in [5.74, 6) is -1.41. The van der Waals surface area contributed by atoms with E-state index < -0.39 is 11.6 Å². The van der Waals surface area contributed by atoms with Gasteiger partial charge in [-0.15, -0.1) is 0 Å². The molecule has 6 heteroatoms. The smallest absolute Gasteiger partial charge is 0.191 e. The molecule has 2 aromatic heterocycles. The Hall–Kier alpha value is -1.98. The van der Waals surface area contributed by atoms with Gasteiger partial charge in [-0.2, -0.15) is 5.10 Å². The molecule has 0 spiro atoms. The van der Waals surface area contributed by atoms with Gasteiger partial charge in [0.15, 0.2) is 23.3 Å². The quantitative estimate of drug-likeness (QED) is 0.909. The second-order valence-corrected chi connectivity index (χ2v) is 3.95. The van der Waals surface area contributed by atoms with E-state index in [1.807, 2.05) is 6.92 Å². The SMILES string of the molecule is CCCNc1nc(-n2ccc(C)n2)c(F)cc1F. The number of anilines is 1. The highest BCUT2D eigenvalue weighted by Gasteiger charge is 2.13. The summed E-state index contributed by atoms with van der Waals surface area (Å²) in [5.41, 5.74) is 0.739. The van der Waals surface area contributed by atoms with Crippen molar-refractivity contribution in [2.24, 2.45) is 0 Å². The number of pyridine rings is 1. The molecule has 0 aromatic carbocycles. The molecule has 0 saturated carbocycles. The topological polar surface area (TPSA) is 42.7 Å². The van der Waals surface area contributed by atoms with Gasteiger partial charge in [0.1, 0.15) is 0 Å². The van der Waals surface area contributed by atoms with Gasteiger partial charge in [-0.3, -0.25) is 0 Å². The summed E-state index contributed by atoms with van der Waals surface area (Å²) in [7, 11) is 0. The zero-order valence-corrected chi connectivity index (χ0v) is 10.2. The number of aromatic nitrogens is 3. The fourth-order valence-corrected chi connectivity index (χ4v) is 1.52. The lowest BCUT2D eigenvalue weighted by Gasteiger charge is -2.08. The molecule has 0 unspecified atom stereocenters. The summed E-state index contributed by atoms with van der Waals surface area (Å²) < 4.78 is 28.4. The highest BCUT2D eigenvalue weighted by Crippen LogP contribution is 2.18. The molecule has 0 saturated heterocycles. The molecule has 0 amide bonds. The lowest BCUT2D eigenvalue weighted by molar-refractivity contribution is 0.562. The molecule has 0 aliphatic carbocycles. The maximum Gasteiger partial charge on any atom is 0.191 e. The maximum atomic E-state index is 13.7. The van der Waals surface area contributed by atoms with E-state index in [4.69, 9.17) is 0 Å². The van der Waals surface area contributed by atoms with Gasteiger partial charge in [0.05, 0.1) is 5.69 Å². The molecule has 0 atom stereocenters. The predicted octanol–water partition coefficient (Wildman–Crippen LogP) is 2.68. The molecule has 0 bridgehead atoms. The van der Waals surface area contributed by atoms with Crippen molar-refractivity contribution in [2.45, 2.75) is 20.3 Å². The number of hydrogen-bond donors (Lipinski definition) is 1. The molecule has 2 aromatic rings. The van der Waals surface area contributed by atoms with Crippen LogP contribution in [0.25, 0.3) is 5.82 Å². The van der Waals surface area contributed by atoms with Crippen LogP contribution in [0, 0.1) is 18.6 Å². The van der Waals surface area contributed by atoms with E-state index in [-0.39, 0.29) is 11.6 Å². The first-order chi connectivity index (χ1) is 8.61. The van der Waals surface area contributed by atoms with Crippen LogP contribution < -0.4 is 5.32 Å². The van der Waals surface area contributed by atoms with Crippen LogP contribution in [0.4, 0.5) is 14.6 Å². The Labute approximate surface area is 104 Å². The minimum atomic E-state index is -0.738. The number of rotatable bonds is 4. The first-order valence-electron chi connectivity index (χ1n) is 5.74. The highest BCUT2D eigenvalue weighted by atomic mass is 19.1. The average molecular weight is 252 g/mol. The molecular weight excluding hydrogens is 238 g/mol. The molecule has 0 aliphatic rings. The van der Waals surface area contributed by atoms with Crippen molar-refractivity contribution in [3.05, 3.63) is 35.7 Å². The second-order valence-electron chi connectivity index (χ2n) is 3.95. The third-order valence-corrected chi connectivity index (χ3v) is 2.39. The fourth-order valence-electron chi connectivity index (χ4n) is 1.52. The largest absolute Gasteiger partial charge is 0.368 e. The molecule has 0 fully saturated rings. The van der Waals surface area contributed by atoms with Gasteiger partial charge in [-0.05, 0) is 19.4 Å². The first kappa shape index (κ1) is 12.5. The van der Waals surface area contributed by atoms with E-state index in [1.165, 1.54) is 4.68 Å². The van der Waals surface area contributed by atoms with Crippen LogP contribution in [0.2, 0.25) is 0 Å². The second kappa shape index (κ2) is 5.12. The predicted molar refractivity (Wildman–Crippen MR) is 64.8 cm³/mol. The Balaban J connectivity index is 2.41. The molecule has 18 heavy (non-hydrogen) atoms. The minimum absolute atomic E-state index is 0.0110. The molecule has 1 N–H and O–H groups in total. The summed E-state index contributed by atoms with van der Waals surface area (Å²) >= 11 is 0. The molecular formula is C12H14F2N4. The van der Waals surface area contributed by atoms with Crippen molar-refractivity contribution >= 4 is 5.82 Å². The van der Waals surface area contributed by atoms with Gasteiger partial charge in [0, 0.05) is 18.8 Å². The highest BCUT2D eigenvalue weighted by molar-refractivity contribution is 5.42. The van der Waals surface area contributed by atoms with Gasteiger partial charge in [-0.1, -0.05) is 6.92 Å². The van der Waals surface area contributed by atoms with Crippen molar-refractivity contribution in [1.29, 1.82) is 0 Å². The summed E-state index contributed by atoms with van der Waals surface area (Å²) in [6.07, 6.45) is 2.41. The minimum Gasteiger partial charge on any atom is -0.368 e. The third-order valence-electron chi connectivity index (χ3n) is 2.39. The zero-order valence-electron chi connectivity index (χ0n) is 10.2. The number of nitrogens with zero attached hydrogens (tertiary/aromatic N) is 3. The number of hydrogen-bond acceptors (Lipinski definition) is 3. The van der Waals surface area contributed by atoms with Crippen molar-refractivity contribution in [3.8, 4) is 5.82 Å². The summed E-state index contributed by atoms with van der Waals surface area (Å²) in [4.78, 5) is 3.93. The fraction of sp³-hybridized carbons (Fsp3) is 0.333. The first-order valence-corrected chi connectivity index (χ1v) is 5.74. The van der Waals surface area contributed by atoms with Crippen molar-refractivity contribution in [2.75, 3.05) is 11.9 Å². The van der Waals surface area contributed by atoms with Crippen LogP contribution in [-0.2, 0) is 0 Å². The average Bonchev–Trinajstić information content (AvgIpc) is 2.74. The van der Waals surface area contributed by atoms with Crippen molar-refractivity contribution in [1.82, 2.24) is 14.8 Å². The van der Waals surface area contributed by atoms with Crippen LogP contribution in [-0.4, -0.2) is 21.3 Å². The molecule has 4 nitrogen and oxygen atoms in total. The van der Waals surface area contributed by atoms with Gasteiger partial charge >= 0.3 is 0 Å². The van der Waals surface area contributed by atoms with Crippen LogP contribution in [0.5, 0.6) is 0 Å². The van der Waals surface area contributed by atoms with E-state index in [1.54, 1.807) is 19.2 Å². The van der Waals surface area contributed by atoms with Crippen LogP contribution in [0.15, 0.2) is 18.3 Å². The van der Waals surface area contributed by atoms with E-state index >= 15 is 0 Å². The Bertz CT molecular complexity index is 551. The Morgan fingerprint density at radius 3 is 2.72 bits per heavy atom. The van der Waals surface area contributed by atoms with Crippen LogP contribution in [0.3, 0.4) is 0 Å². The summed E-state index contributed by atoms with van der Waals surface area (Å²) in [5, 5.41) is 6.87. The summed E-state index contributed by atoms with van der Waals surface area (Å²) in [6.45, 7) is 4.31. The number of halogens is 2. The summed E-state index contributed by atoms with van der Waals surface area (Å²) in [6, 6.07) is 2.54. The molecule has 2 heterocycles. The van der Waals surface area contributed by atoms with Gasteiger partial charge in [0.2, 0.25) is 0 Å². The van der Waals surface area contributed by atoms with Gasteiger partial charge < -0.3 is 5.32 Å². The molecule has 0 radical (unpaired) electrons. The van der Waals surface area contributed by atoms with E-state index in [2.05, 4.69) is 15.4 Å². The number of nitrogens with one attached hydrogen (secondary N) is 1. The standard InChI is InChI=1S/C12H14F2N4/c1-3-5-15-11-9(13)7-10(14)12(16-11)18-6-4-8(2)17-18/h4,6-7H,3,5H2,1-2H3,(H,15,16). The Kier molecular flexibility index (Phi) is 3.55. The van der Waals surface area contributed by atoms with E-state index in [0.29, 0.717) is 6.54 Å². The Morgan fingerprint density at radius 2 is 2.11 bits per heavy atom. The van der Waals surface area contributed by atoms with Crippen molar-refractivity contribution < 1.29 is 8.78 Å². The lowest BCUT2D eigenvalue weighted by atomic mass is 10.4. The zero-order chi connectivity index (χ0) is 13.1. The maximum absolute atomic E-state index is 13.7.